The first-order chi connectivity index (χ1) is 8.80. The second-order valence-electron chi connectivity index (χ2n) is 4.94. The Morgan fingerprint density at radius 1 is 1.32 bits per heavy atom. The molecule has 0 saturated heterocycles. The van der Waals surface area contributed by atoms with E-state index in [0.29, 0.717) is 10.0 Å². The average molecular weight is 338 g/mol. The van der Waals surface area contributed by atoms with E-state index in [1.54, 1.807) is 0 Å². The van der Waals surface area contributed by atoms with Crippen LogP contribution in [0.1, 0.15) is 36.4 Å². The van der Waals surface area contributed by atoms with Crippen LogP contribution in [0, 0.1) is 5.92 Å². The van der Waals surface area contributed by atoms with Crippen LogP contribution in [0.2, 0.25) is 0 Å². The number of hydrogen-bond donors (Lipinski definition) is 2. The van der Waals surface area contributed by atoms with Gasteiger partial charge in [0.15, 0.2) is 0 Å². The highest BCUT2D eigenvalue weighted by atomic mass is 79.9. The average Bonchev–Trinajstić information content (AvgIpc) is 2.24. The molecule has 1 aliphatic rings. The molecule has 0 unspecified atom stereocenters. The topological polar surface area (TPSA) is 46.2 Å². The van der Waals surface area contributed by atoms with E-state index in [9.17, 15) is 18.3 Å². The molecule has 2 rings (SSSR count). The van der Waals surface area contributed by atoms with Crippen molar-refractivity contribution in [1.29, 1.82) is 0 Å². The molecule has 3 N–H and O–H groups in total. The normalized spacial score (nSPS) is 19.9. The number of halogens is 4. The lowest BCUT2D eigenvalue weighted by Crippen LogP contribution is -2.36. The Bertz CT molecular complexity index is 460. The SMILES string of the molecule is N[C@@H](c1cc(C(F)(F)F)ccc1Br)[C@H](O)C1CCC1. The molecule has 0 bridgehead atoms. The van der Waals surface area contributed by atoms with Crippen LogP contribution in [0.4, 0.5) is 13.2 Å². The lowest BCUT2D eigenvalue weighted by molar-refractivity contribution is -0.137. The third-order valence-corrected chi connectivity index (χ3v) is 4.41. The van der Waals surface area contributed by atoms with Gasteiger partial charge in [-0.1, -0.05) is 22.4 Å². The lowest BCUT2D eigenvalue weighted by atomic mass is 9.77. The summed E-state index contributed by atoms with van der Waals surface area (Å²) in [4.78, 5) is 0. The van der Waals surface area contributed by atoms with Crippen molar-refractivity contribution in [2.24, 2.45) is 11.7 Å². The molecule has 1 aliphatic carbocycles. The highest BCUT2D eigenvalue weighted by Gasteiger charge is 2.34. The summed E-state index contributed by atoms with van der Waals surface area (Å²) in [5.41, 5.74) is 5.47. The molecule has 1 aromatic rings. The monoisotopic (exact) mass is 337 g/mol. The van der Waals surface area contributed by atoms with Crippen molar-refractivity contribution in [1.82, 2.24) is 0 Å². The maximum atomic E-state index is 12.7. The lowest BCUT2D eigenvalue weighted by Gasteiger charge is -2.34. The van der Waals surface area contributed by atoms with Crippen LogP contribution in [-0.2, 0) is 6.18 Å². The summed E-state index contributed by atoms with van der Waals surface area (Å²) in [5, 5.41) is 10.1. The van der Waals surface area contributed by atoms with Gasteiger partial charge in [0.1, 0.15) is 0 Å². The molecule has 0 aliphatic heterocycles. The van der Waals surface area contributed by atoms with Gasteiger partial charge in [-0.2, -0.15) is 13.2 Å². The van der Waals surface area contributed by atoms with Crippen LogP contribution in [-0.4, -0.2) is 11.2 Å². The predicted molar refractivity (Wildman–Crippen MR) is 69.4 cm³/mol. The van der Waals surface area contributed by atoms with E-state index in [0.717, 1.165) is 31.4 Å². The Morgan fingerprint density at radius 3 is 2.42 bits per heavy atom. The highest BCUT2D eigenvalue weighted by Crippen LogP contribution is 2.38. The molecule has 0 spiro atoms. The van der Waals surface area contributed by atoms with E-state index in [1.807, 2.05) is 0 Å². The summed E-state index contributed by atoms with van der Waals surface area (Å²) in [6, 6.07) is 2.53. The van der Waals surface area contributed by atoms with Gasteiger partial charge >= 0.3 is 6.18 Å². The summed E-state index contributed by atoms with van der Waals surface area (Å²) in [6.45, 7) is 0. The molecule has 0 aromatic heterocycles. The molecular weight excluding hydrogens is 323 g/mol. The fraction of sp³-hybridized carbons (Fsp3) is 0.538. The summed E-state index contributed by atoms with van der Waals surface area (Å²) in [5.74, 6) is 0.0939. The second kappa shape index (κ2) is 5.42. The molecule has 0 heterocycles. The summed E-state index contributed by atoms with van der Waals surface area (Å²) < 4.78 is 38.5. The molecule has 19 heavy (non-hydrogen) atoms. The van der Waals surface area contributed by atoms with Crippen molar-refractivity contribution in [3.05, 3.63) is 33.8 Å². The first kappa shape index (κ1) is 14.8. The first-order valence-corrected chi connectivity index (χ1v) is 6.90. The minimum Gasteiger partial charge on any atom is -0.391 e. The summed E-state index contributed by atoms with van der Waals surface area (Å²) >= 11 is 3.20. The van der Waals surface area contributed by atoms with E-state index in [1.165, 1.54) is 6.07 Å². The Labute approximate surface area is 117 Å². The minimum atomic E-state index is -4.41. The van der Waals surface area contributed by atoms with E-state index in [-0.39, 0.29) is 5.92 Å². The van der Waals surface area contributed by atoms with Gasteiger partial charge in [0, 0.05) is 4.47 Å². The fourth-order valence-electron chi connectivity index (χ4n) is 2.23. The summed E-state index contributed by atoms with van der Waals surface area (Å²) in [6.07, 6.45) is -2.40. The van der Waals surface area contributed by atoms with Crippen molar-refractivity contribution >= 4 is 15.9 Å². The molecule has 1 aromatic carbocycles. The number of alkyl halides is 3. The van der Waals surface area contributed by atoms with Crippen molar-refractivity contribution < 1.29 is 18.3 Å². The van der Waals surface area contributed by atoms with Gasteiger partial charge in [0.2, 0.25) is 0 Å². The number of hydrogen-bond acceptors (Lipinski definition) is 2. The van der Waals surface area contributed by atoms with Crippen LogP contribution in [0.5, 0.6) is 0 Å². The molecule has 6 heteroatoms. The van der Waals surface area contributed by atoms with Gasteiger partial charge in [-0.15, -0.1) is 0 Å². The maximum absolute atomic E-state index is 12.7. The smallest absolute Gasteiger partial charge is 0.391 e. The van der Waals surface area contributed by atoms with Crippen molar-refractivity contribution in [3.8, 4) is 0 Å². The van der Waals surface area contributed by atoms with E-state index < -0.39 is 23.9 Å². The van der Waals surface area contributed by atoms with Gasteiger partial charge in [0.05, 0.1) is 17.7 Å². The maximum Gasteiger partial charge on any atom is 0.416 e. The molecule has 1 fully saturated rings. The third-order valence-electron chi connectivity index (χ3n) is 3.68. The zero-order chi connectivity index (χ0) is 14.2. The largest absolute Gasteiger partial charge is 0.416 e. The quantitative estimate of drug-likeness (QED) is 0.884. The van der Waals surface area contributed by atoms with Crippen LogP contribution in [0.15, 0.2) is 22.7 Å². The Morgan fingerprint density at radius 2 is 1.95 bits per heavy atom. The van der Waals surface area contributed by atoms with Gasteiger partial charge in [0.25, 0.3) is 0 Å². The number of nitrogens with two attached hydrogens (primary N) is 1. The number of benzene rings is 1. The second-order valence-corrected chi connectivity index (χ2v) is 5.80. The van der Waals surface area contributed by atoms with Crippen LogP contribution in [0.25, 0.3) is 0 Å². The first-order valence-electron chi connectivity index (χ1n) is 6.11. The van der Waals surface area contributed by atoms with Crippen LogP contribution >= 0.6 is 15.9 Å². The Hall–Kier alpha value is -0.590. The van der Waals surface area contributed by atoms with E-state index in [4.69, 9.17) is 5.73 Å². The molecule has 106 valence electrons. The number of aliphatic hydroxyl groups is 1. The minimum absolute atomic E-state index is 0.0939. The predicted octanol–water partition coefficient (Wildman–Crippen LogP) is 3.63. The standard InChI is InChI=1S/C13H15BrF3NO/c14-10-5-4-8(13(15,16)17)6-9(10)11(18)12(19)7-2-1-3-7/h4-7,11-12,19H,1-3,18H2/t11-,12+/m0/s1. The van der Waals surface area contributed by atoms with Gasteiger partial charge < -0.3 is 10.8 Å². The molecule has 2 nitrogen and oxygen atoms in total. The van der Waals surface area contributed by atoms with Gasteiger partial charge in [-0.25, -0.2) is 0 Å². The zero-order valence-corrected chi connectivity index (χ0v) is 11.7. The fourth-order valence-corrected chi connectivity index (χ4v) is 2.75. The van der Waals surface area contributed by atoms with Crippen LogP contribution < -0.4 is 5.73 Å². The Kier molecular flexibility index (Phi) is 4.23. The van der Waals surface area contributed by atoms with Crippen molar-refractivity contribution in [2.45, 2.75) is 37.6 Å². The molecule has 2 atom stereocenters. The molecule has 0 radical (unpaired) electrons. The third kappa shape index (κ3) is 3.12. The Balaban J connectivity index is 2.27. The van der Waals surface area contributed by atoms with Gasteiger partial charge in [-0.05, 0) is 42.5 Å². The summed E-state index contributed by atoms with van der Waals surface area (Å²) in [7, 11) is 0. The molecule has 1 saturated carbocycles. The van der Waals surface area contributed by atoms with E-state index >= 15 is 0 Å². The molecule has 0 amide bonds. The van der Waals surface area contributed by atoms with Gasteiger partial charge in [-0.3, -0.25) is 0 Å². The van der Waals surface area contributed by atoms with E-state index in [2.05, 4.69) is 15.9 Å². The molecular formula is C13H15BrF3NO. The van der Waals surface area contributed by atoms with Crippen molar-refractivity contribution in [2.75, 3.05) is 0 Å². The zero-order valence-electron chi connectivity index (χ0n) is 10.1. The highest BCUT2D eigenvalue weighted by molar-refractivity contribution is 9.10. The number of rotatable bonds is 3. The van der Waals surface area contributed by atoms with Crippen LogP contribution in [0.3, 0.4) is 0 Å². The number of aliphatic hydroxyl groups excluding tert-OH is 1. The van der Waals surface area contributed by atoms with Crippen molar-refractivity contribution in [3.63, 3.8) is 0 Å².